The van der Waals surface area contributed by atoms with E-state index in [1.54, 1.807) is 12.1 Å². The summed E-state index contributed by atoms with van der Waals surface area (Å²) in [5.74, 6) is 1.64. The molecule has 1 aromatic carbocycles. The maximum absolute atomic E-state index is 10.4. The van der Waals surface area contributed by atoms with Gasteiger partial charge in [-0.15, -0.1) is 0 Å². The van der Waals surface area contributed by atoms with Crippen molar-refractivity contribution >= 4 is 11.6 Å². The highest BCUT2D eigenvalue weighted by Crippen LogP contribution is 2.27. The van der Waals surface area contributed by atoms with E-state index in [0.717, 1.165) is 31.5 Å². The van der Waals surface area contributed by atoms with Crippen LogP contribution in [0.25, 0.3) is 0 Å². The zero-order chi connectivity index (χ0) is 15.5. The Kier molecular flexibility index (Phi) is 4.76. The minimum absolute atomic E-state index is 0.257. The van der Waals surface area contributed by atoms with Gasteiger partial charge in [0.15, 0.2) is 5.82 Å². The highest BCUT2D eigenvalue weighted by molar-refractivity contribution is 6.30. The first-order chi connectivity index (χ1) is 10.6. The van der Waals surface area contributed by atoms with Crippen LogP contribution in [-0.2, 0) is 0 Å². The number of aryl methyl sites for hydroxylation is 1. The molecule has 0 bridgehead atoms. The first-order valence-corrected chi connectivity index (χ1v) is 7.95. The third-order valence-corrected chi connectivity index (χ3v) is 4.34. The number of aliphatic hydroxyl groups is 1. The molecule has 0 aliphatic carbocycles. The van der Waals surface area contributed by atoms with Gasteiger partial charge in [-0.2, -0.15) is 4.98 Å². The Balaban J connectivity index is 1.61. The smallest absolute Gasteiger partial charge is 0.231 e. The summed E-state index contributed by atoms with van der Waals surface area (Å²) < 4.78 is 5.29. The van der Waals surface area contributed by atoms with Crippen LogP contribution in [0.3, 0.4) is 0 Å². The molecule has 2 unspecified atom stereocenters. The Hall–Kier alpha value is -1.43. The van der Waals surface area contributed by atoms with E-state index < -0.39 is 6.10 Å². The van der Waals surface area contributed by atoms with Crippen LogP contribution in [0.15, 0.2) is 28.8 Å². The second-order valence-corrected chi connectivity index (χ2v) is 6.28. The summed E-state index contributed by atoms with van der Waals surface area (Å²) in [6.45, 7) is 4.25. The molecule has 0 saturated carbocycles. The average Bonchev–Trinajstić information content (AvgIpc) is 2.95. The highest BCUT2D eigenvalue weighted by Gasteiger charge is 2.26. The molecule has 1 aliphatic rings. The number of likely N-dealkylation sites (tertiary alicyclic amines) is 1. The van der Waals surface area contributed by atoms with Gasteiger partial charge in [0.2, 0.25) is 5.89 Å². The van der Waals surface area contributed by atoms with Gasteiger partial charge in [-0.1, -0.05) is 28.9 Å². The number of hydrogen-bond acceptors (Lipinski definition) is 5. The molecule has 1 fully saturated rings. The number of β-amino-alcohol motifs (C(OH)–C–C–N with tert-alkyl or cyclic N) is 1. The van der Waals surface area contributed by atoms with Crippen LogP contribution in [0.5, 0.6) is 0 Å². The number of hydrogen-bond donors (Lipinski definition) is 1. The Labute approximate surface area is 134 Å². The van der Waals surface area contributed by atoms with Gasteiger partial charge in [0, 0.05) is 18.1 Å². The summed E-state index contributed by atoms with van der Waals surface area (Å²) in [5, 5.41) is 14.9. The Morgan fingerprint density at radius 2 is 2.18 bits per heavy atom. The Bertz CT molecular complexity index is 614. The molecular weight excluding hydrogens is 302 g/mol. The summed E-state index contributed by atoms with van der Waals surface area (Å²) in [7, 11) is 0. The summed E-state index contributed by atoms with van der Waals surface area (Å²) in [5.41, 5.74) is 0.889. The second-order valence-electron chi connectivity index (χ2n) is 5.85. The highest BCUT2D eigenvalue weighted by atomic mass is 35.5. The van der Waals surface area contributed by atoms with Gasteiger partial charge >= 0.3 is 0 Å². The fourth-order valence-corrected chi connectivity index (χ4v) is 3.06. The summed E-state index contributed by atoms with van der Waals surface area (Å²) in [6.07, 6.45) is 1.61. The van der Waals surface area contributed by atoms with E-state index in [1.807, 2.05) is 19.1 Å². The van der Waals surface area contributed by atoms with E-state index in [9.17, 15) is 5.11 Å². The van der Waals surface area contributed by atoms with Gasteiger partial charge in [0.25, 0.3) is 0 Å². The number of piperidine rings is 1. The molecule has 2 heterocycles. The van der Waals surface area contributed by atoms with Crippen LogP contribution in [-0.4, -0.2) is 39.8 Å². The molecule has 22 heavy (non-hydrogen) atoms. The lowest BCUT2D eigenvalue weighted by Crippen LogP contribution is -2.37. The number of benzene rings is 1. The Morgan fingerprint density at radius 3 is 2.86 bits per heavy atom. The lowest BCUT2D eigenvalue weighted by molar-refractivity contribution is 0.0910. The van der Waals surface area contributed by atoms with E-state index in [4.69, 9.17) is 16.1 Å². The minimum Gasteiger partial charge on any atom is -0.387 e. The molecule has 1 saturated heterocycles. The molecule has 1 aliphatic heterocycles. The zero-order valence-corrected chi connectivity index (χ0v) is 13.3. The van der Waals surface area contributed by atoms with E-state index in [2.05, 4.69) is 15.0 Å². The molecule has 3 rings (SSSR count). The van der Waals surface area contributed by atoms with Gasteiger partial charge in [-0.25, -0.2) is 0 Å². The molecular formula is C16H20ClN3O2. The summed E-state index contributed by atoms with van der Waals surface area (Å²) in [4.78, 5) is 6.59. The molecule has 1 aromatic heterocycles. The van der Waals surface area contributed by atoms with Gasteiger partial charge in [-0.05, 0) is 44.0 Å². The van der Waals surface area contributed by atoms with Crippen LogP contribution in [0.2, 0.25) is 5.02 Å². The van der Waals surface area contributed by atoms with Crippen LogP contribution in [0, 0.1) is 6.92 Å². The minimum atomic E-state index is -0.513. The monoisotopic (exact) mass is 321 g/mol. The van der Waals surface area contributed by atoms with Crippen molar-refractivity contribution < 1.29 is 9.63 Å². The lowest BCUT2D eigenvalue weighted by Gasteiger charge is -2.32. The van der Waals surface area contributed by atoms with Crippen molar-refractivity contribution in [3.8, 4) is 0 Å². The van der Waals surface area contributed by atoms with Crippen molar-refractivity contribution in [2.75, 3.05) is 19.6 Å². The number of nitrogens with zero attached hydrogens (tertiary/aromatic N) is 3. The van der Waals surface area contributed by atoms with Crippen LogP contribution < -0.4 is 0 Å². The summed E-state index contributed by atoms with van der Waals surface area (Å²) in [6, 6.07) is 7.35. The fourth-order valence-electron chi connectivity index (χ4n) is 2.94. The standard InChI is InChI=1S/C16H20ClN3O2/c1-11-18-16(22-19-11)13-3-2-8-20(9-13)10-15(21)12-4-6-14(17)7-5-12/h4-7,13,15,21H,2-3,8-10H2,1H3. The van der Waals surface area contributed by atoms with Gasteiger partial charge in [0.05, 0.1) is 12.0 Å². The van der Waals surface area contributed by atoms with Gasteiger partial charge in [-0.3, -0.25) is 4.90 Å². The molecule has 118 valence electrons. The molecule has 6 heteroatoms. The molecule has 0 radical (unpaired) electrons. The maximum Gasteiger partial charge on any atom is 0.231 e. The quantitative estimate of drug-likeness (QED) is 0.938. The second kappa shape index (κ2) is 6.77. The summed E-state index contributed by atoms with van der Waals surface area (Å²) >= 11 is 5.88. The number of aromatic nitrogens is 2. The first-order valence-electron chi connectivity index (χ1n) is 7.58. The van der Waals surface area contributed by atoms with E-state index >= 15 is 0 Å². The largest absolute Gasteiger partial charge is 0.387 e. The van der Waals surface area contributed by atoms with Crippen molar-refractivity contribution in [1.82, 2.24) is 15.0 Å². The third-order valence-electron chi connectivity index (χ3n) is 4.08. The molecule has 1 N–H and O–H groups in total. The molecule has 0 spiro atoms. The zero-order valence-electron chi connectivity index (χ0n) is 12.6. The van der Waals surface area contributed by atoms with Crippen molar-refractivity contribution in [1.29, 1.82) is 0 Å². The van der Waals surface area contributed by atoms with Gasteiger partial charge in [0.1, 0.15) is 0 Å². The third kappa shape index (κ3) is 3.66. The fraction of sp³-hybridized carbons (Fsp3) is 0.500. The molecule has 2 atom stereocenters. The Morgan fingerprint density at radius 1 is 1.41 bits per heavy atom. The molecule has 5 nitrogen and oxygen atoms in total. The van der Waals surface area contributed by atoms with Crippen LogP contribution in [0.1, 0.15) is 42.1 Å². The lowest BCUT2D eigenvalue weighted by atomic mass is 9.97. The molecule has 2 aromatic rings. The number of aliphatic hydroxyl groups excluding tert-OH is 1. The normalized spacial score (nSPS) is 21.0. The van der Waals surface area contributed by atoms with Crippen LogP contribution in [0.4, 0.5) is 0 Å². The van der Waals surface area contributed by atoms with E-state index in [0.29, 0.717) is 23.3 Å². The van der Waals surface area contributed by atoms with Crippen molar-refractivity contribution in [2.45, 2.75) is 31.8 Å². The van der Waals surface area contributed by atoms with E-state index in [-0.39, 0.29) is 5.92 Å². The van der Waals surface area contributed by atoms with Crippen LogP contribution >= 0.6 is 11.6 Å². The SMILES string of the molecule is Cc1noc(C2CCCN(CC(O)c3ccc(Cl)cc3)C2)n1. The van der Waals surface area contributed by atoms with Gasteiger partial charge < -0.3 is 9.63 Å². The number of halogens is 1. The maximum atomic E-state index is 10.4. The predicted molar refractivity (Wildman–Crippen MR) is 83.9 cm³/mol. The average molecular weight is 322 g/mol. The van der Waals surface area contributed by atoms with Crippen molar-refractivity contribution in [2.24, 2.45) is 0 Å². The number of rotatable bonds is 4. The first kappa shape index (κ1) is 15.5. The van der Waals surface area contributed by atoms with Crippen molar-refractivity contribution in [3.63, 3.8) is 0 Å². The van der Waals surface area contributed by atoms with E-state index in [1.165, 1.54) is 0 Å². The predicted octanol–water partition coefficient (Wildman–Crippen LogP) is 2.94. The molecule has 0 amide bonds. The topological polar surface area (TPSA) is 62.4 Å². The van der Waals surface area contributed by atoms with Crippen molar-refractivity contribution in [3.05, 3.63) is 46.6 Å².